The fraction of sp³-hybridized carbons (Fsp3) is 1.00. The van der Waals surface area contributed by atoms with Gasteiger partial charge in [-0.15, -0.1) is 0 Å². The molecular weight excluding hydrogens is 329 g/mol. The number of nitrogens with zero attached hydrogens (tertiary/aromatic N) is 3. The van der Waals surface area contributed by atoms with E-state index >= 15 is 0 Å². The van der Waals surface area contributed by atoms with Crippen molar-refractivity contribution in [3.63, 3.8) is 0 Å². The van der Waals surface area contributed by atoms with E-state index in [0.717, 1.165) is 51.4 Å². The maximum absolute atomic E-state index is 12.6. The molecular formula is C16H34N3O4P. The summed E-state index contributed by atoms with van der Waals surface area (Å²) in [4.78, 5) is 2.48. The minimum absolute atomic E-state index is 0.278. The first kappa shape index (κ1) is 23.3. The summed E-state index contributed by atoms with van der Waals surface area (Å²) in [5, 5.41) is 2.94. The van der Waals surface area contributed by atoms with E-state index in [1.807, 2.05) is 0 Å². The molecule has 0 spiro atoms. The van der Waals surface area contributed by atoms with Crippen LogP contribution in [0, 0.1) is 11.8 Å². The van der Waals surface area contributed by atoms with Crippen molar-refractivity contribution >= 4 is 7.82 Å². The fourth-order valence-electron chi connectivity index (χ4n) is 2.34. The molecule has 2 atom stereocenters. The van der Waals surface area contributed by atoms with E-state index in [-0.39, 0.29) is 13.2 Å². The van der Waals surface area contributed by atoms with Crippen LogP contribution in [0.1, 0.15) is 79.1 Å². The zero-order chi connectivity index (χ0) is 18.3. The number of unbranched alkanes of at least 4 members (excludes halogenated alkanes) is 2. The molecule has 0 heterocycles. The van der Waals surface area contributed by atoms with Gasteiger partial charge in [-0.1, -0.05) is 66.2 Å². The van der Waals surface area contributed by atoms with E-state index in [2.05, 4.69) is 37.9 Å². The number of hydrogen-bond donors (Lipinski definition) is 0. The number of phosphoric ester groups is 1. The summed E-state index contributed by atoms with van der Waals surface area (Å²) in [5.74, 6) is 0.581. The van der Waals surface area contributed by atoms with Gasteiger partial charge in [0, 0.05) is 4.91 Å². The summed E-state index contributed by atoms with van der Waals surface area (Å²) in [6.45, 7) is 8.96. The van der Waals surface area contributed by atoms with Gasteiger partial charge in [-0.2, -0.15) is 0 Å². The third-order valence-electron chi connectivity index (χ3n) is 4.20. The Kier molecular flexibility index (Phi) is 14.1. The minimum atomic E-state index is -3.85. The molecule has 7 nitrogen and oxygen atoms in total. The molecule has 0 aliphatic carbocycles. The smallest absolute Gasteiger partial charge is 0.336 e. The van der Waals surface area contributed by atoms with Gasteiger partial charge in [0.2, 0.25) is 0 Å². The molecule has 0 aliphatic rings. The average Bonchev–Trinajstić information content (AvgIpc) is 2.60. The molecule has 0 amide bonds. The molecule has 0 aliphatic heterocycles. The highest BCUT2D eigenvalue weighted by molar-refractivity contribution is 7.48. The molecule has 0 bridgehead atoms. The lowest BCUT2D eigenvalue weighted by atomic mass is 10.0. The number of azide groups is 1. The van der Waals surface area contributed by atoms with Gasteiger partial charge in [0.25, 0.3) is 0 Å². The molecule has 8 heteroatoms. The van der Waals surface area contributed by atoms with Crippen LogP contribution in [0.15, 0.2) is 5.28 Å². The largest absolute Gasteiger partial charge is 0.536 e. The van der Waals surface area contributed by atoms with Crippen molar-refractivity contribution in [2.45, 2.75) is 79.1 Å². The fourth-order valence-corrected chi connectivity index (χ4v) is 3.41. The topological polar surface area (TPSA) is 93.5 Å². The van der Waals surface area contributed by atoms with Gasteiger partial charge in [-0.05, 0) is 30.2 Å². The second-order valence-corrected chi connectivity index (χ2v) is 7.70. The SMILES string of the molecule is CCCCC(CC)COP(=O)(OCC(CC)CCCC)ON=[N+]=[N-]. The van der Waals surface area contributed by atoms with Crippen LogP contribution < -0.4 is 0 Å². The Bertz CT molecular complexity index is 379. The maximum atomic E-state index is 12.6. The molecule has 0 aromatic carbocycles. The average molecular weight is 363 g/mol. The monoisotopic (exact) mass is 363 g/mol. The van der Waals surface area contributed by atoms with Crippen molar-refractivity contribution in [1.29, 1.82) is 0 Å². The normalized spacial score (nSPS) is 16.0. The molecule has 2 unspecified atom stereocenters. The molecule has 0 aromatic rings. The van der Waals surface area contributed by atoms with Crippen molar-refractivity contribution in [3.8, 4) is 0 Å². The Morgan fingerprint density at radius 2 is 1.42 bits per heavy atom. The Morgan fingerprint density at radius 1 is 0.958 bits per heavy atom. The second kappa shape index (κ2) is 14.6. The molecule has 0 saturated heterocycles. The molecule has 0 radical (unpaired) electrons. The third-order valence-corrected chi connectivity index (χ3v) is 5.40. The first-order chi connectivity index (χ1) is 11.5. The molecule has 0 saturated carbocycles. The van der Waals surface area contributed by atoms with Gasteiger partial charge in [-0.25, -0.2) is 4.57 Å². The zero-order valence-corrected chi connectivity index (χ0v) is 16.5. The predicted molar refractivity (Wildman–Crippen MR) is 96.4 cm³/mol. The molecule has 0 N–H and O–H groups in total. The van der Waals surface area contributed by atoms with Crippen LogP contribution in [0.25, 0.3) is 10.4 Å². The Hall–Kier alpha value is -0.740. The summed E-state index contributed by atoms with van der Waals surface area (Å²) in [6.07, 6.45) is 8.26. The maximum Gasteiger partial charge on any atom is 0.536 e. The van der Waals surface area contributed by atoms with Crippen LogP contribution in [0.5, 0.6) is 0 Å². The van der Waals surface area contributed by atoms with E-state index in [1.54, 1.807) is 0 Å². The van der Waals surface area contributed by atoms with Crippen LogP contribution in [0.2, 0.25) is 0 Å². The van der Waals surface area contributed by atoms with Crippen LogP contribution in [-0.2, 0) is 18.2 Å². The molecule has 0 rings (SSSR count). The first-order valence-corrected chi connectivity index (χ1v) is 10.6. The number of rotatable bonds is 16. The minimum Gasteiger partial charge on any atom is -0.336 e. The van der Waals surface area contributed by atoms with E-state index in [1.165, 1.54) is 0 Å². The highest BCUT2D eigenvalue weighted by Gasteiger charge is 2.30. The number of hydrogen-bond acceptors (Lipinski definition) is 5. The lowest BCUT2D eigenvalue weighted by molar-refractivity contribution is 0.0847. The second-order valence-electron chi connectivity index (χ2n) is 6.12. The van der Waals surface area contributed by atoms with Gasteiger partial charge in [0.15, 0.2) is 0 Å². The van der Waals surface area contributed by atoms with Gasteiger partial charge >= 0.3 is 7.82 Å². The Labute approximate surface area is 146 Å². The third kappa shape index (κ3) is 10.9. The van der Waals surface area contributed by atoms with Crippen LogP contribution in [0.3, 0.4) is 0 Å². The van der Waals surface area contributed by atoms with Crippen LogP contribution in [-0.4, -0.2) is 13.2 Å². The highest BCUT2D eigenvalue weighted by atomic mass is 31.2. The first-order valence-electron chi connectivity index (χ1n) is 9.17. The van der Waals surface area contributed by atoms with E-state index < -0.39 is 7.82 Å². The highest BCUT2D eigenvalue weighted by Crippen LogP contribution is 2.51. The standard InChI is InChI=1S/C16H34N3O4P/c1-5-9-11-15(7-3)13-21-24(20,23-19-18-17)22-14-16(8-4)12-10-6-2/h15-16H,5-14H2,1-4H3. The summed E-state index contributed by atoms with van der Waals surface area (Å²) >= 11 is 0. The predicted octanol–water partition coefficient (Wildman–Crippen LogP) is 6.80. The van der Waals surface area contributed by atoms with Gasteiger partial charge in [0.05, 0.1) is 13.2 Å². The quantitative estimate of drug-likeness (QED) is 0.0990. The van der Waals surface area contributed by atoms with Gasteiger partial charge < -0.3 is 4.62 Å². The van der Waals surface area contributed by atoms with Gasteiger partial charge in [-0.3, -0.25) is 9.05 Å². The van der Waals surface area contributed by atoms with Crippen LogP contribution in [0.4, 0.5) is 0 Å². The van der Waals surface area contributed by atoms with Crippen molar-refractivity contribution in [2.75, 3.05) is 13.2 Å². The van der Waals surface area contributed by atoms with Crippen molar-refractivity contribution < 1.29 is 18.2 Å². The van der Waals surface area contributed by atoms with Crippen molar-refractivity contribution in [2.24, 2.45) is 17.1 Å². The van der Waals surface area contributed by atoms with Gasteiger partial charge in [0.1, 0.15) is 5.28 Å². The van der Waals surface area contributed by atoms with Crippen LogP contribution >= 0.6 is 7.82 Å². The zero-order valence-electron chi connectivity index (χ0n) is 15.6. The van der Waals surface area contributed by atoms with E-state index in [9.17, 15) is 4.57 Å². The molecule has 24 heavy (non-hydrogen) atoms. The Morgan fingerprint density at radius 3 is 1.75 bits per heavy atom. The van der Waals surface area contributed by atoms with E-state index in [4.69, 9.17) is 19.2 Å². The lowest BCUT2D eigenvalue weighted by Gasteiger charge is -2.21. The van der Waals surface area contributed by atoms with Crippen molar-refractivity contribution in [1.82, 2.24) is 0 Å². The lowest BCUT2D eigenvalue weighted by Crippen LogP contribution is -2.12. The molecule has 0 fully saturated rings. The van der Waals surface area contributed by atoms with Crippen molar-refractivity contribution in [3.05, 3.63) is 10.4 Å². The summed E-state index contributed by atoms with van der Waals surface area (Å²) in [6, 6.07) is 0. The summed E-state index contributed by atoms with van der Waals surface area (Å²) in [7, 11) is -3.85. The summed E-state index contributed by atoms with van der Waals surface area (Å²) < 4.78 is 28.2. The molecule has 0 aromatic heterocycles. The number of phosphoric acid groups is 1. The molecule has 142 valence electrons. The summed E-state index contributed by atoms with van der Waals surface area (Å²) in [5.41, 5.74) is 8.41. The van der Waals surface area contributed by atoms with E-state index in [0.29, 0.717) is 11.8 Å². The Balaban J connectivity index is 4.62.